The van der Waals surface area contributed by atoms with Gasteiger partial charge in [-0.2, -0.15) is 4.31 Å². The molecule has 0 saturated carbocycles. The molecule has 1 fully saturated rings. The molecule has 150 valence electrons. The Morgan fingerprint density at radius 2 is 1.71 bits per heavy atom. The number of thiocarbonyl (C=S) groups is 1. The van der Waals surface area contributed by atoms with Crippen molar-refractivity contribution in [2.75, 3.05) is 23.7 Å². The van der Waals surface area contributed by atoms with Gasteiger partial charge in [-0.05, 0) is 67.9 Å². The van der Waals surface area contributed by atoms with Crippen LogP contribution in [0.4, 0.5) is 11.4 Å². The van der Waals surface area contributed by atoms with Crippen LogP contribution in [-0.2, 0) is 10.0 Å². The molecule has 0 amide bonds. The Morgan fingerprint density at radius 1 is 1.00 bits per heavy atom. The first kappa shape index (κ1) is 21.3. The summed E-state index contributed by atoms with van der Waals surface area (Å²) in [5.74, 6) is 0. The van der Waals surface area contributed by atoms with Crippen LogP contribution in [-0.4, -0.2) is 30.9 Å². The lowest BCUT2D eigenvalue weighted by molar-refractivity contribution is 0.347. The van der Waals surface area contributed by atoms with Gasteiger partial charge in [-0.25, -0.2) is 8.42 Å². The Morgan fingerprint density at radius 3 is 2.39 bits per heavy atom. The largest absolute Gasteiger partial charge is 0.332 e. The molecule has 0 unspecified atom stereocenters. The summed E-state index contributed by atoms with van der Waals surface area (Å²) in [7, 11) is -3.60. The van der Waals surface area contributed by atoms with Crippen LogP contribution in [0.2, 0.25) is 10.0 Å². The van der Waals surface area contributed by atoms with Gasteiger partial charge in [0.15, 0.2) is 5.11 Å². The first-order valence-corrected chi connectivity index (χ1v) is 11.5. The predicted octanol–water partition coefficient (Wildman–Crippen LogP) is 5.29. The molecule has 9 heteroatoms. The first-order valence-electron chi connectivity index (χ1n) is 8.91. The summed E-state index contributed by atoms with van der Waals surface area (Å²) in [6.45, 7) is 2.95. The average molecular weight is 458 g/mol. The maximum Gasteiger partial charge on any atom is 0.245 e. The van der Waals surface area contributed by atoms with Gasteiger partial charge >= 0.3 is 0 Å². The van der Waals surface area contributed by atoms with Crippen molar-refractivity contribution in [3.05, 3.63) is 52.0 Å². The first-order chi connectivity index (χ1) is 13.3. The molecule has 0 aromatic heterocycles. The summed E-state index contributed by atoms with van der Waals surface area (Å²) in [6, 6.07) is 10.3. The molecule has 1 heterocycles. The van der Waals surface area contributed by atoms with Crippen molar-refractivity contribution in [2.24, 2.45) is 0 Å². The second-order valence-electron chi connectivity index (χ2n) is 6.67. The molecule has 0 radical (unpaired) electrons. The van der Waals surface area contributed by atoms with Crippen LogP contribution in [0.1, 0.15) is 24.8 Å². The number of hydrogen-bond donors (Lipinski definition) is 2. The van der Waals surface area contributed by atoms with Crippen LogP contribution < -0.4 is 10.6 Å². The van der Waals surface area contributed by atoms with Crippen LogP contribution in [0.25, 0.3) is 0 Å². The fourth-order valence-corrected chi connectivity index (χ4v) is 5.32. The number of aryl methyl sites for hydroxylation is 1. The molecule has 5 nitrogen and oxygen atoms in total. The highest BCUT2D eigenvalue weighted by Crippen LogP contribution is 2.29. The van der Waals surface area contributed by atoms with Crippen LogP contribution in [0.15, 0.2) is 41.3 Å². The van der Waals surface area contributed by atoms with Crippen molar-refractivity contribution in [1.82, 2.24) is 4.31 Å². The zero-order valence-electron chi connectivity index (χ0n) is 15.3. The van der Waals surface area contributed by atoms with Crippen molar-refractivity contribution in [1.29, 1.82) is 0 Å². The molecular formula is C19H21Cl2N3O2S2. The molecule has 0 bridgehead atoms. The molecule has 1 aliphatic heterocycles. The lowest BCUT2D eigenvalue weighted by Crippen LogP contribution is -2.36. The summed E-state index contributed by atoms with van der Waals surface area (Å²) < 4.78 is 27.9. The van der Waals surface area contributed by atoms with E-state index in [0.29, 0.717) is 34.5 Å². The van der Waals surface area contributed by atoms with Gasteiger partial charge in [-0.1, -0.05) is 35.7 Å². The molecule has 1 aliphatic rings. The zero-order chi connectivity index (χ0) is 20.3. The predicted molar refractivity (Wildman–Crippen MR) is 120 cm³/mol. The lowest BCUT2D eigenvalue weighted by atomic mass is 10.2. The molecular weight excluding hydrogens is 437 g/mol. The van der Waals surface area contributed by atoms with Crippen molar-refractivity contribution in [3.63, 3.8) is 0 Å². The number of halogens is 2. The minimum Gasteiger partial charge on any atom is -0.332 e. The number of hydrogen-bond acceptors (Lipinski definition) is 3. The van der Waals surface area contributed by atoms with Gasteiger partial charge in [0.05, 0.1) is 15.7 Å². The molecule has 2 aromatic carbocycles. The maximum atomic E-state index is 13.2. The third-order valence-electron chi connectivity index (χ3n) is 4.50. The summed E-state index contributed by atoms with van der Waals surface area (Å²) in [5, 5.41) is 7.11. The topological polar surface area (TPSA) is 61.4 Å². The zero-order valence-corrected chi connectivity index (χ0v) is 18.5. The van der Waals surface area contributed by atoms with Crippen molar-refractivity contribution >= 4 is 61.9 Å². The number of benzene rings is 2. The Kier molecular flexibility index (Phi) is 6.83. The molecule has 0 atom stereocenters. The van der Waals surface area contributed by atoms with Gasteiger partial charge in [-0.15, -0.1) is 0 Å². The Hall–Kier alpha value is -1.38. The molecule has 1 saturated heterocycles. The monoisotopic (exact) mass is 457 g/mol. The maximum absolute atomic E-state index is 13.2. The SMILES string of the molecule is Cc1ccc(NC(=S)Nc2ccc(Cl)c(Cl)c2)c(S(=O)(=O)N2CCCCC2)c1. The normalized spacial score (nSPS) is 15.2. The summed E-state index contributed by atoms with van der Waals surface area (Å²) >= 11 is 17.3. The van der Waals surface area contributed by atoms with E-state index in [0.717, 1.165) is 24.8 Å². The lowest BCUT2D eigenvalue weighted by Gasteiger charge is -2.27. The van der Waals surface area contributed by atoms with E-state index in [-0.39, 0.29) is 10.0 Å². The second kappa shape index (κ2) is 8.97. The minimum atomic E-state index is -3.60. The highest BCUT2D eigenvalue weighted by Gasteiger charge is 2.28. The second-order valence-corrected chi connectivity index (χ2v) is 9.80. The molecule has 3 rings (SSSR count). The van der Waals surface area contributed by atoms with E-state index in [4.69, 9.17) is 35.4 Å². The minimum absolute atomic E-state index is 0.229. The summed E-state index contributed by atoms with van der Waals surface area (Å²) in [4.78, 5) is 0.229. The van der Waals surface area contributed by atoms with E-state index in [9.17, 15) is 8.42 Å². The van der Waals surface area contributed by atoms with Gasteiger partial charge in [0, 0.05) is 18.8 Å². The molecule has 0 aliphatic carbocycles. The smallest absolute Gasteiger partial charge is 0.245 e. The van der Waals surface area contributed by atoms with E-state index < -0.39 is 10.0 Å². The summed E-state index contributed by atoms with van der Waals surface area (Å²) in [5.41, 5.74) is 1.96. The third kappa shape index (κ3) is 4.96. The van der Waals surface area contributed by atoms with Gasteiger partial charge < -0.3 is 10.6 Å². The van der Waals surface area contributed by atoms with Crippen LogP contribution >= 0.6 is 35.4 Å². The molecule has 2 aromatic rings. The van der Waals surface area contributed by atoms with E-state index >= 15 is 0 Å². The van der Waals surface area contributed by atoms with E-state index in [2.05, 4.69) is 10.6 Å². The number of piperidine rings is 1. The van der Waals surface area contributed by atoms with Gasteiger partial charge in [0.25, 0.3) is 0 Å². The standard InChI is InChI=1S/C19H21Cl2N3O2S2/c1-13-5-8-17(18(11-13)28(25,26)24-9-3-2-4-10-24)23-19(27)22-14-6-7-15(20)16(21)12-14/h5-8,11-12H,2-4,9-10H2,1H3,(H2,22,23,27). The van der Waals surface area contributed by atoms with Crippen LogP contribution in [0.5, 0.6) is 0 Å². The molecule has 2 N–H and O–H groups in total. The average Bonchev–Trinajstić information content (AvgIpc) is 2.67. The van der Waals surface area contributed by atoms with Gasteiger partial charge in [-0.3, -0.25) is 0 Å². The summed E-state index contributed by atoms with van der Waals surface area (Å²) in [6.07, 6.45) is 2.82. The fourth-order valence-electron chi connectivity index (χ4n) is 3.05. The Bertz CT molecular complexity index is 991. The quantitative estimate of drug-likeness (QED) is 0.610. The molecule has 28 heavy (non-hydrogen) atoms. The van der Waals surface area contributed by atoms with Crippen molar-refractivity contribution < 1.29 is 8.42 Å². The van der Waals surface area contributed by atoms with Gasteiger partial charge in [0.1, 0.15) is 4.90 Å². The third-order valence-corrected chi connectivity index (χ3v) is 7.38. The number of sulfonamides is 1. The molecule has 0 spiro atoms. The number of nitrogens with zero attached hydrogens (tertiary/aromatic N) is 1. The fraction of sp³-hybridized carbons (Fsp3) is 0.316. The number of anilines is 2. The van der Waals surface area contributed by atoms with E-state index in [1.54, 1.807) is 34.6 Å². The van der Waals surface area contributed by atoms with Crippen LogP contribution in [0, 0.1) is 6.92 Å². The number of rotatable bonds is 4. The number of nitrogens with one attached hydrogen (secondary N) is 2. The Balaban J connectivity index is 1.83. The van der Waals surface area contributed by atoms with E-state index in [1.165, 1.54) is 0 Å². The van der Waals surface area contributed by atoms with Crippen molar-refractivity contribution in [2.45, 2.75) is 31.1 Å². The van der Waals surface area contributed by atoms with Gasteiger partial charge in [0.2, 0.25) is 10.0 Å². The van der Waals surface area contributed by atoms with Crippen LogP contribution in [0.3, 0.4) is 0 Å². The Labute approximate surface area is 181 Å². The van der Waals surface area contributed by atoms with E-state index in [1.807, 2.05) is 13.0 Å². The highest BCUT2D eigenvalue weighted by molar-refractivity contribution is 7.89. The highest BCUT2D eigenvalue weighted by atomic mass is 35.5. The van der Waals surface area contributed by atoms with Crippen molar-refractivity contribution in [3.8, 4) is 0 Å².